The van der Waals surface area contributed by atoms with Gasteiger partial charge in [-0.1, -0.05) is 38.5 Å². The molecule has 2 N–H and O–H groups in total. The molecular formula is C13H19NO. The maximum absolute atomic E-state index is 6.19. The van der Waals surface area contributed by atoms with E-state index in [1.165, 1.54) is 5.56 Å². The minimum absolute atomic E-state index is 0.141. The van der Waals surface area contributed by atoms with Crippen LogP contribution in [-0.4, -0.2) is 12.1 Å². The first kappa shape index (κ1) is 10.5. The Kier molecular flexibility index (Phi) is 2.96. The Balaban J connectivity index is 2.07. The van der Waals surface area contributed by atoms with Crippen LogP contribution in [0, 0.1) is 5.92 Å². The summed E-state index contributed by atoms with van der Waals surface area (Å²) in [7, 11) is 0. The summed E-state index contributed by atoms with van der Waals surface area (Å²) in [6.07, 6.45) is 2.23. The van der Waals surface area contributed by atoms with E-state index in [-0.39, 0.29) is 12.1 Å². The molecule has 0 fully saturated rings. The fraction of sp³-hybridized carbons (Fsp3) is 0.538. The van der Waals surface area contributed by atoms with Crippen LogP contribution >= 0.6 is 0 Å². The summed E-state index contributed by atoms with van der Waals surface area (Å²) in [4.78, 5) is 0. The molecule has 0 bridgehead atoms. The molecule has 1 aromatic carbocycles. The van der Waals surface area contributed by atoms with Crippen LogP contribution in [0.15, 0.2) is 24.3 Å². The molecule has 2 nitrogen and oxygen atoms in total. The minimum Gasteiger partial charge on any atom is -0.488 e. The number of benzene rings is 1. The lowest BCUT2D eigenvalue weighted by Crippen LogP contribution is -2.42. The fourth-order valence-corrected chi connectivity index (χ4v) is 2.06. The predicted octanol–water partition coefficient (Wildman–Crippen LogP) is 2.36. The van der Waals surface area contributed by atoms with Gasteiger partial charge in [0.2, 0.25) is 0 Å². The molecule has 82 valence electrons. The zero-order chi connectivity index (χ0) is 10.8. The highest BCUT2D eigenvalue weighted by molar-refractivity contribution is 5.37. The molecule has 3 atom stereocenters. The summed E-state index contributed by atoms with van der Waals surface area (Å²) in [6, 6.07) is 8.36. The fourth-order valence-electron chi connectivity index (χ4n) is 2.06. The lowest BCUT2D eigenvalue weighted by molar-refractivity contribution is 0.167. The number of hydrogen-bond donors (Lipinski definition) is 1. The highest BCUT2D eigenvalue weighted by atomic mass is 16.5. The molecule has 0 spiro atoms. The Labute approximate surface area is 91.4 Å². The highest BCUT2D eigenvalue weighted by Crippen LogP contribution is 2.30. The van der Waals surface area contributed by atoms with E-state index in [0.29, 0.717) is 5.92 Å². The van der Waals surface area contributed by atoms with E-state index < -0.39 is 0 Å². The van der Waals surface area contributed by atoms with Crippen molar-refractivity contribution in [3.05, 3.63) is 29.8 Å². The van der Waals surface area contributed by atoms with Crippen molar-refractivity contribution in [3.8, 4) is 5.75 Å². The van der Waals surface area contributed by atoms with Gasteiger partial charge < -0.3 is 10.5 Å². The molecule has 0 aromatic heterocycles. The Hall–Kier alpha value is -1.02. The summed E-state index contributed by atoms with van der Waals surface area (Å²) in [5, 5.41) is 0. The van der Waals surface area contributed by atoms with Gasteiger partial charge >= 0.3 is 0 Å². The van der Waals surface area contributed by atoms with Crippen LogP contribution in [0.2, 0.25) is 0 Å². The smallest absolute Gasteiger partial charge is 0.123 e. The van der Waals surface area contributed by atoms with Crippen molar-refractivity contribution < 1.29 is 4.74 Å². The molecule has 0 aliphatic carbocycles. The molecule has 15 heavy (non-hydrogen) atoms. The van der Waals surface area contributed by atoms with E-state index in [2.05, 4.69) is 26.0 Å². The van der Waals surface area contributed by atoms with Gasteiger partial charge in [-0.3, -0.25) is 0 Å². The van der Waals surface area contributed by atoms with E-state index >= 15 is 0 Å². The average molecular weight is 205 g/mol. The molecule has 1 heterocycles. The van der Waals surface area contributed by atoms with Crippen LogP contribution < -0.4 is 10.5 Å². The summed E-state index contributed by atoms with van der Waals surface area (Å²) in [5.41, 5.74) is 7.48. The van der Waals surface area contributed by atoms with Crippen LogP contribution in [0.4, 0.5) is 0 Å². The molecule has 0 saturated heterocycles. The summed E-state index contributed by atoms with van der Waals surface area (Å²) in [5.74, 6) is 1.53. The first-order chi connectivity index (χ1) is 7.22. The SMILES string of the molecule is CCC(C)C(N)C1Cc2ccccc2O1. The number of para-hydroxylation sites is 1. The topological polar surface area (TPSA) is 35.2 Å². The second kappa shape index (κ2) is 4.23. The third-order valence-electron chi connectivity index (χ3n) is 3.40. The van der Waals surface area contributed by atoms with Crippen molar-refractivity contribution in [2.75, 3.05) is 0 Å². The summed E-state index contributed by atoms with van der Waals surface area (Å²) >= 11 is 0. The van der Waals surface area contributed by atoms with E-state index in [0.717, 1.165) is 18.6 Å². The van der Waals surface area contributed by atoms with Gasteiger partial charge in [0.25, 0.3) is 0 Å². The third-order valence-corrected chi connectivity index (χ3v) is 3.40. The van der Waals surface area contributed by atoms with Crippen LogP contribution in [0.1, 0.15) is 25.8 Å². The third kappa shape index (κ3) is 2.00. The van der Waals surface area contributed by atoms with E-state index in [9.17, 15) is 0 Å². The Morgan fingerprint density at radius 2 is 2.20 bits per heavy atom. The van der Waals surface area contributed by atoms with E-state index in [1.807, 2.05) is 12.1 Å². The highest BCUT2D eigenvalue weighted by Gasteiger charge is 2.30. The molecule has 2 heteroatoms. The normalized spacial score (nSPS) is 23.0. The molecular weight excluding hydrogens is 186 g/mol. The quantitative estimate of drug-likeness (QED) is 0.822. The van der Waals surface area contributed by atoms with Crippen LogP contribution in [0.5, 0.6) is 5.75 Å². The predicted molar refractivity (Wildman–Crippen MR) is 62.0 cm³/mol. The molecule has 1 aliphatic heterocycles. The van der Waals surface area contributed by atoms with Gasteiger partial charge in [0, 0.05) is 12.5 Å². The number of ether oxygens (including phenoxy) is 1. The molecule has 0 radical (unpaired) electrons. The van der Waals surface area contributed by atoms with Crippen molar-refractivity contribution in [2.24, 2.45) is 11.7 Å². The maximum atomic E-state index is 6.19. The molecule has 0 saturated carbocycles. The molecule has 0 amide bonds. The van der Waals surface area contributed by atoms with Crippen molar-refractivity contribution >= 4 is 0 Å². The van der Waals surface area contributed by atoms with Gasteiger partial charge in [-0.05, 0) is 17.5 Å². The van der Waals surface area contributed by atoms with Crippen molar-refractivity contribution in [3.63, 3.8) is 0 Å². The summed E-state index contributed by atoms with van der Waals surface area (Å²) < 4.78 is 5.87. The van der Waals surface area contributed by atoms with Crippen molar-refractivity contribution in [1.82, 2.24) is 0 Å². The number of hydrogen-bond acceptors (Lipinski definition) is 2. The molecule has 3 unspecified atom stereocenters. The van der Waals surface area contributed by atoms with Gasteiger partial charge in [0.1, 0.15) is 11.9 Å². The largest absolute Gasteiger partial charge is 0.488 e. The monoisotopic (exact) mass is 205 g/mol. The first-order valence-corrected chi connectivity index (χ1v) is 5.72. The second-order valence-electron chi connectivity index (χ2n) is 4.43. The zero-order valence-corrected chi connectivity index (χ0v) is 9.44. The average Bonchev–Trinajstić information content (AvgIpc) is 2.70. The van der Waals surface area contributed by atoms with Crippen LogP contribution in [-0.2, 0) is 6.42 Å². The number of nitrogens with two attached hydrogens (primary N) is 1. The Morgan fingerprint density at radius 3 is 2.87 bits per heavy atom. The number of rotatable bonds is 3. The van der Waals surface area contributed by atoms with Crippen molar-refractivity contribution in [2.45, 2.75) is 38.8 Å². The summed E-state index contributed by atoms with van der Waals surface area (Å²) in [6.45, 7) is 4.36. The maximum Gasteiger partial charge on any atom is 0.123 e. The van der Waals surface area contributed by atoms with Gasteiger partial charge in [-0.2, -0.15) is 0 Å². The minimum atomic E-state index is 0.141. The molecule has 2 rings (SSSR count). The lowest BCUT2D eigenvalue weighted by Gasteiger charge is -2.24. The molecule has 1 aromatic rings. The molecule has 1 aliphatic rings. The van der Waals surface area contributed by atoms with Gasteiger partial charge in [0.05, 0.1) is 0 Å². The second-order valence-corrected chi connectivity index (χ2v) is 4.43. The lowest BCUT2D eigenvalue weighted by atomic mass is 9.93. The Bertz CT molecular complexity index is 312. The van der Waals surface area contributed by atoms with E-state index in [1.54, 1.807) is 0 Å². The van der Waals surface area contributed by atoms with E-state index in [4.69, 9.17) is 10.5 Å². The van der Waals surface area contributed by atoms with Gasteiger partial charge in [-0.15, -0.1) is 0 Å². The Morgan fingerprint density at radius 1 is 1.47 bits per heavy atom. The standard InChI is InChI=1S/C13H19NO/c1-3-9(2)13(14)12-8-10-6-4-5-7-11(10)15-12/h4-7,9,12-13H,3,8,14H2,1-2H3. The van der Waals surface area contributed by atoms with Gasteiger partial charge in [-0.25, -0.2) is 0 Å². The van der Waals surface area contributed by atoms with Crippen molar-refractivity contribution in [1.29, 1.82) is 0 Å². The first-order valence-electron chi connectivity index (χ1n) is 5.72. The number of fused-ring (bicyclic) bond motifs is 1. The van der Waals surface area contributed by atoms with Crippen LogP contribution in [0.3, 0.4) is 0 Å². The van der Waals surface area contributed by atoms with Gasteiger partial charge in [0.15, 0.2) is 0 Å². The zero-order valence-electron chi connectivity index (χ0n) is 9.44. The van der Waals surface area contributed by atoms with Crippen LogP contribution in [0.25, 0.3) is 0 Å².